The maximum absolute atomic E-state index is 11.2. The van der Waals surface area contributed by atoms with Crippen molar-refractivity contribution in [3.05, 3.63) is 35.7 Å². The molecule has 4 heteroatoms. The van der Waals surface area contributed by atoms with E-state index in [0.29, 0.717) is 17.3 Å². The summed E-state index contributed by atoms with van der Waals surface area (Å²) >= 11 is 0. The molecule has 18 heavy (non-hydrogen) atoms. The van der Waals surface area contributed by atoms with E-state index in [0.717, 1.165) is 5.56 Å². The molecule has 0 aliphatic rings. The van der Waals surface area contributed by atoms with Gasteiger partial charge in [-0.15, -0.1) is 10.2 Å². The second-order valence-corrected chi connectivity index (χ2v) is 5.30. The number of aromatic nitrogens is 2. The van der Waals surface area contributed by atoms with Crippen molar-refractivity contribution in [2.24, 2.45) is 0 Å². The lowest BCUT2D eigenvalue weighted by Gasteiger charge is -2.10. The van der Waals surface area contributed by atoms with Gasteiger partial charge in [-0.3, -0.25) is 4.79 Å². The van der Waals surface area contributed by atoms with Gasteiger partial charge in [-0.25, -0.2) is 0 Å². The Bertz CT molecular complexity index is 562. The molecule has 0 aliphatic heterocycles. The Kier molecular flexibility index (Phi) is 3.03. The molecule has 0 saturated heterocycles. The van der Waals surface area contributed by atoms with Crippen LogP contribution >= 0.6 is 0 Å². The Balaban J connectivity index is 2.32. The third-order valence-electron chi connectivity index (χ3n) is 2.60. The minimum absolute atomic E-state index is 0.0439. The molecule has 1 aromatic carbocycles. The highest BCUT2D eigenvalue weighted by Crippen LogP contribution is 2.25. The lowest BCUT2D eigenvalue weighted by Crippen LogP contribution is -2.11. The largest absolute Gasteiger partial charge is 0.420 e. The molecule has 0 spiro atoms. The number of nitrogens with zero attached hydrogens (tertiary/aromatic N) is 2. The molecule has 0 atom stereocenters. The van der Waals surface area contributed by atoms with E-state index < -0.39 is 0 Å². The highest BCUT2D eigenvalue weighted by Gasteiger charge is 2.21. The van der Waals surface area contributed by atoms with Gasteiger partial charge in [0.05, 0.1) is 0 Å². The van der Waals surface area contributed by atoms with Crippen LogP contribution in [0.3, 0.4) is 0 Å². The molecule has 4 nitrogen and oxygen atoms in total. The topological polar surface area (TPSA) is 56.0 Å². The predicted molar refractivity (Wildman–Crippen MR) is 68.4 cm³/mol. The number of carbonyl (C=O) groups is 1. The summed E-state index contributed by atoms with van der Waals surface area (Å²) in [6.45, 7) is 7.59. The fraction of sp³-hybridized carbons (Fsp3) is 0.357. The minimum atomic E-state index is -0.162. The van der Waals surface area contributed by atoms with Gasteiger partial charge in [0.1, 0.15) is 0 Å². The van der Waals surface area contributed by atoms with E-state index in [4.69, 9.17) is 4.42 Å². The van der Waals surface area contributed by atoms with E-state index in [1.54, 1.807) is 19.1 Å². The van der Waals surface area contributed by atoms with Crippen molar-refractivity contribution in [2.75, 3.05) is 0 Å². The summed E-state index contributed by atoms with van der Waals surface area (Å²) in [6.07, 6.45) is 0. The number of rotatable bonds is 2. The zero-order chi connectivity index (χ0) is 13.3. The zero-order valence-electron chi connectivity index (χ0n) is 11.0. The van der Waals surface area contributed by atoms with Crippen LogP contribution in [-0.2, 0) is 5.41 Å². The SMILES string of the molecule is CC(=O)c1ccc(-c2nnc(C(C)(C)C)o2)cc1. The van der Waals surface area contributed by atoms with Crippen molar-refractivity contribution in [3.63, 3.8) is 0 Å². The maximum Gasteiger partial charge on any atom is 0.247 e. The smallest absolute Gasteiger partial charge is 0.247 e. The van der Waals surface area contributed by atoms with Gasteiger partial charge in [-0.05, 0) is 19.1 Å². The van der Waals surface area contributed by atoms with Gasteiger partial charge in [0.2, 0.25) is 11.8 Å². The third-order valence-corrected chi connectivity index (χ3v) is 2.60. The van der Waals surface area contributed by atoms with E-state index in [1.165, 1.54) is 0 Å². The third kappa shape index (κ3) is 2.47. The second kappa shape index (κ2) is 4.37. The van der Waals surface area contributed by atoms with Crippen molar-refractivity contribution >= 4 is 5.78 Å². The highest BCUT2D eigenvalue weighted by atomic mass is 16.4. The predicted octanol–water partition coefficient (Wildman–Crippen LogP) is 3.24. The van der Waals surface area contributed by atoms with E-state index in [1.807, 2.05) is 32.9 Å². The fourth-order valence-corrected chi connectivity index (χ4v) is 1.49. The van der Waals surface area contributed by atoms with Gasteiger partial charge in [0, 0.05) is 16.5 Å². The van der Waals surface area contributed by atoms with Gasteiger partial charge in [-0.2, -0.15) is 0 Å². The Labute approximate surface area is 106 Å². The number of hydrogen-bond acceptors (Lipinski definition) is 4. The van der Waals surface area contributed by atoms with Crippen molar-refractivity contribution in [3.8, 4) is 11.5 Å². The molecule has 0 fully saturated rings. The average Bonchev–Trinajstić information content (AvgIpc) is 2.78. The first kappa shape index (κ1) is 12.5. The van der Waals surface area contributed by atoms with Crippen molar-refractivity contribution in [1.82, 2.24) is 10.2 Å². The Morgan fingerprint density at radius 1 is 1.11 bits per heavy atom. The van der Waals surface area contributed by atoms with Crippen molar-refractivity contribution < 1.29 is 9.21 Å². The molecule has 0 N–H and O–H groups in total. The normalized spacial score (nSPS) is 11.6. The van der Waals surface area contributed by atoms with Crippen molar-refractivity contribution in [2.45, 2.75) is 33.1 Å². The Morgan fingerprint density at radius 2 is 1.72 bits per heavy atom. The summed E-state index contributed by atoms with van der Waals surface area (Å²) in [7, 11) is 0. The Hall–Kier alpha value is -1.97. The molecule has 0 unspecified atom stereocenters. The number of ketones is 1. The van der Waals surface area contributed by atoms with Crippen LogP contribution in [0.5, 0.6) is 0 Å². The zero-order valence-corrected chi connectivity index (χ0v) is 11.0. The summed E-state index contributed by atoms with van der Waals surface area (Å²) in [6, 6.07) is 7.16. The van der Waals surface area contributed by atoms with Gasteiger partial charge < -0.3 is 4.42 Å². The first-order valence-corrected chi connectivity index (χ1v) is 5.83. The number of Topliss-reactive ketones (excluding diaryl/α,β-unsaturated/α-hetero) is 1. The molecule has 1 heterocycles. The molecular formula is C14H16N2O2. The van der Waals surface area contributed by atoms with Gasteiger partial charge in [-0.1, -0.05) is 32.9 Å². The van der Waals surface area contributed by atoms with Crippen LogP contribution in [0.1, 0.15) is 43.9 Å². The standard InChI is InChI=1S/C14H16N2O2/c1-9(17)10-5-7-11(8-6-10)12-15-16-13(18-12)14(2,3)4/h5-8H,1-4H3. The van der Waals surface area contributed by atoms with Gasteiger partial charge >= 0.3 is 0 Å². The van der Waals surface area contributed by atoms with Crippen LogP contribution < -0.4 is 0 Å². The lowest BCUT2D eigenvalue weighted by atomic mass is 9.97. The second-order valence-electron chi connectivity index (χ2n) is 5.30. The van der Waals surface area contributed by atoms with Gasteiger partial charge in [0.15, 0.2) is 5.78 Å². The lowest BCUT2D eigenvalue weighted by molar-refractivity contribution is 0.101. The fourth-order valence-electron chi connectivity index (χ4n) is 1.49. The summed E-state index contributed by atoms with van der Waals surface area (Å²) in [4.78, 5) is 11.2. The molecule has 0 bridgehead atoms. The molecule has 2 rings (SSSR count). The van der Waals surface area contributed by atoms with E-state index in [-0.39, 0.29) is 11.2 Å². The molecule has 2 aromatic rings. The molecule has 94 valence electrons. The van der Waals surface area contributed by atoms with E-state index in [2.05, 4.69) is 10.2 Å². The van der Waals surface area contributed by atoms with Crippen molar-refractivity contribution in [1.29, 1.82) is 0 Å². The Morgan fingerprint density at radius 3 is 2.17 bits per heavy atom. The van der Waals surface area contributed by atoms with Crippen LogP contribution in [-0.4, -0.2) is 16.0 Å². The van der Waals surface area contributed by atoms with Crippen LogP contribution in [0.25, 0.3) is 11.5 Å². The molecule has 0 saturated carbocycles. The minimum Gasteiger partial charge on any atom is -0.420 e. The molecule has 1 aromatic heterocycles. The van der Waals surface area contributed by atoms with E-state index in [9.17, 15) is 4.79 Å². The quantitative estimate of drug-likeness (QED) is 0.761. The first-order valence-electron chi connectivity index (χ1n) is 5.83. The number of carbonyl (C=O) groups excluding carboxylic acids is 1. The molecular weight excluding hydrogens is 228 g/mol. The maximum atomic E-state index is 11.2. The van der Waals surface area contributed by atoms with Crippen LogP contribution in [0.2, 0.25) is 0 Å². The summed E-state index contributed by atoms with van der Waals surface area (Å²) < 4.78 is 5.63. The highest BCUT2D eigenvalue weighted by molar-refractivity contribution is 5.94. The van der Waals surface area contributed by atoms with Crippen LogP contribution in [0, 0.1) is 0 Å². The average molecular weight is 244 g/mol. The molecule has 0 amide bonds. The van der Waals surface area contributed by atoms with Crippen LogP contribution in [0.4, 0.5) is 0 Å². The number of benzene rings is 1. The van der Waals surface area contributed by atoms with Gasteiger partial charge in [0.25, 0.3) is 0 Å². The summed E-state index contributed by atoms with van der Waals surface area (Å²) in [5.41, 5.74) is 1.34. The molecule has 0 aliphatic carbocycles. The number of hydrogen-bond donors (Lipinski definition) is 0. The van der Waals surface area contributed by atoms with E-state index >= 15 is 0 Å². The monoisotopic (exact) mass is 244 g/mol. The van der Waals surface area contributed by atoms with Crippen LogP contribution in [0.15, 0.2) is 28.7 Å². The molecule has 0 radical (unpaired) electrons. The first-order chi connectivity index (χ1) is 8.38. The summed E-state index contributed by atoms with van der Waals surface area (Å²) in [5, 5.41) is 8.06. The summed E-state index contributed by atoms with van der Waals surface area (Å²) in [5.74, 6) is 1.13.